The van der Waals surface area contributed by atoms with E-state index in [4.69, 9.17) is 17.4 Å². The molecule has 5 heteroatoms. The third-order valence-corrected chi connectivity index (χ3v) is 2.75. The molecule has 5 nitrogen and oxygen atoms in total. The molecular formula is C15H14N4O. The second-order valence-corrected chi connectivity index (χ2v) is 4.08. The molecule has 0 aliphatic carbocycles. The SMILES string of the molecule is C#Cc1cccc(NCc2cccnc2C(N)=NO)c1. The maximum Gasteiger partial charge on any atom is 0.189 e. The summed E-state index contributed by atoms with van der Waals surface area (Å²) in [5, 5.41) is 15.0. The average Bonchev–Trinajstić information content (AvgIpc) is 2.52. The van der Waals surface area contributed by atoms with Gasteiger partial charge >= 0.3 is 0 Å². The predicted octanol–water partition coefficient (Wildman–Crippen LogP) is 1.77. The molecule has 0 bridgehead atoms. The Balaban J connectivity index is 2.17. The number of rotatable bonds is 4. The van der Waals surface area contributed by atoms with E-state index in [0.29, 0.717) is 12.2 Å². The van der Waals surface area contributed by atoms with Crippen molar-refractivity contribution in [3.63, 3.8) is 0 Å². The summed E-state index contributed by atoms with van der Waals surface area (Å²) >= 11 is 0. The number of oxime groups is 1. The van der Waals surface area contributed by atoms with Gasteiger partial charge in [0.2, 0.25) is 0 Å². The van der Waals surface area contributed by atoms with Crippen molar-refractivity contribution in [2.24, 2.45) is 10.9 Å². The Labute approximate surface area is 117 Å². The van der Waals surface area contributed by atoms with Crippen LogP contribution in [0.25, 0.3) is 0 Å². The van der Waals surface area contributed by atoms with Crippen molar-refractivity contribution in [1.82, 2.24) is 4.98 Å². The van der Waals surface area contributed by atoms with Gasteiger partial charge in [0.25, 0.3) is 0 Å². The molecule has 0 aliphatic heterocycles. The Kier molecular flexibility index (Phi) is 4.20. The molecule has 0 saturated carbocycles. The van der Waals surface area contributed by atoms with E-state index in [-0.39, 0.29) is 5.84 Å². The highest BCUT2D eigenvalue weighted by Crippen LogP contribution is 2.13. The molecule has 4 N–H and O–H groups in total. The first-order valence-electron chi connectivity index (χ1n) is 5.97. The van der Waals surface area contributed by atoms with Crippen molar-refractivity contribution < 1.29 is 5.21 Å². The lowest BCUT2D eigenvalue weighted by Crippen LogP contribution is -2.18. The summed E-state index contributed by atoms with van der Waals surface area (Å²) in [5.74, 6) is 2.57. The number of nitrogens with two attached hydrogens (primary N) is 1. The zero-order valence-corrected chi connectivity index (χ0v) is 10.7. The van der Waals surface area contributed by atoms with Gasteiger partial charge in [0.15, 0.2) is 5.84 Å². The third kappa shape index (κ3) is 3.06. The Hall–Kier alpha value is -3.00. The van der Waals surface area contributed by atoms with Crippen LogP contribution in [-0.4, -0.2) is 16.0 Å². The van der Waals surface area contributed by atoms with Gasteiger partial charge in [-0.1, -0.05) is 23.2 Å². The minimum Gasteiger partial charge on any atom is -0.409 e. The Morgan fingerprint density at radius 1 is 1.40 bits per heavy atom. The Bertz CT molecular complexity index is 674. The summed E-state index contributed by atoms with van der Waals surface area (Å²) in [7, 11) is 0. The van der Waals surface area contributed by atoms with Crippen molar-refractivity contribution in [1.29, 1.82) is 0 Å². The van der Waals surface area contributed by atoms with E-state index in [2.05, 4.69) is 21.4 Å². The van der Waals surface area contributed by atoms with Gasteiger partial charge in [0.05, 0.1) is 0 Å². The maximum atomic E-state index is 8.75. The van der Waals surface area contributed by atoms with Crippen LogP contribution in [0.4, 0.5) is 5.69 Å². The van der Waals surface area contributed by atoms with Crippen LogP contribution in [0.15, 0.2) is 47.8 Å². The molecule has 0 amide bonds. The number of hydrogen-bond donors (Lipinski definition) is 3. The van der Waals surface area contributed by atoms with Crippen LogP contribution in [0.5, 0.6) is 0 Å². The second kappa shape index (κ2) is 6.25. The maximum absolute atomic E-state index is 8.75. The van der Waals surface area contributed by atoms with Crippen LogP contribution < -0.4 is 11.1 Å². The quantitative estimate of drug-likeness (QED) is 0.259. The van der Waals surface area contributed by atoms with Crippen LogP contribution in [0.1, 0.15) is 16.8 Å². The van der Waals surface area contributed by atoms with Crippen molar-refractivity contribution in [3.8, 4) is 12.3 Å². The first-order valence-corrected chi connectivity index (χ1v) is 5.97. The first-order chi connectivity index (χ1) is 9.74. The molecule has 20 heavy (non-hydrogen) atoms. The summed E-state index contributed by atoms with van der Waals surface area (Å²) in [4.78, 5) is 4.11. The largest absolute Gasteiger partial charge is 0.409 e. The van der Waals surface area contributed by atoms with Gasteiger partial charge in [0, 0.05) is 29.6 Å². The normalized spacial score (nSPS) is 10.8. The van der Waals surface area contributed by atoms with E-state index in [1.807, 2.05) is 30.3 Å². The highest BCUT2D eigenvalue weighted by molar-refractivity contribution is 5.96. The zero-order chi connectivity index (χ0) is 14.4. The van der Waals surface area contributed by atoms with E-state index in [0.717, 1.165) is 16.8 Å². The average molecular weight is 266 g/mol. The van der Waals surface area contributed by atoms with Gasteiger partial charge in [-0.25, -0.2) is 0 Å². The minimum absolute atomic E-state index is 0.0141. The number of terminal acetylenes is 1. The standard InChI is InChI=1S/C15H14N4O/c1-2-11-5-3-7-13(9-11)18-10-12-6-4-8-17-14(12)15(16)19-20/h1,3-9,18,20H,10H2,(H2,16,19). The molecule has 1 aromatic carbocycles. The molecule has 1 heterocycles. The molecular weight excluding hydrogens is 252 g/mol. The number of anilines is 1. The van der Waals surface area contributed by atoms with E-state index < -0.39 is 0 Å². The van der Waals surface area contributed by atoms with Crippen LogP contribution in [0.2, 0.25) is 0 Å². The summed E-state index contributed by atoms with van der Waals surface area (Å²) in [6.07, 6.45) is 6.95. The zero-order valence-electron chi connectivity index (χ0n) is 10.7. The molecule has 0 spiro atoms. The van der Waals surface area contributed by atoms with E-state index >= 15 is 0 Å². The third-order valence-electron chi connectivity index (χ3n) is 2.75. The van der Waals surface area contributed by atoms with Crippen LogP contribution in [0.3, 0.4) is 0 Å². The van der Waals surface area contributed by atoms with E-state index in [1.54, 1.807) is 12.3 Å². The van der Waals surface area contributed by atoms with Gasteiger partial charge in [-0.3, -0.25) is 4.98 Å². The lowest BCUT2D eigenvalue weighted by Gasteiger charge is -2.10. The molecule has 0 aliphatic rings. The minimum atomic E-state index is -0.0141. The van der Waals surface area contributed by atoms with Gasteiger partial charge in [-0.2, -0.15) is 0 Å². The second-order valence-electron chi connectivity index (χ2n) is 4.08. The number of pyridine rings is 1. The van der Waals surface area contributed by atoms with Crippen LogP contribution in [-0.2, 0) is 6.54 Å². The number of nitrogens with one attached hydrogen (secondary N) is 1. The summed E-state index contributed by atoms with van der Waals surface area (Å²) in [6.45, 7) is 0.493. The van der Waals surface area contributed by atoms with Gasteiger partial charge in [-0.15, -0.1) is 6.42 Å². The van der Waals surface area contributed by atoms with Crippen molar-refractivity contribution in [2.45, 2.75) is 6.54 Å². The van der Waals surface area contributed by atoms with Crippen LogP contribution in [0, 0.1) is 12.3 Å². The summed E-state index contributed by atoms with van der Waals surface area (Å²) in [6, 6.07) is 11.2. The fourth-order valence-electron chi connectivity index (χ4n) is 1.78. The highest BCUT2D eigenvalue weighted by atomic mass is 16.4. The molecule has 1 aromatic heterocycles. The van der Waals surface area contributed by atoms with Gasteiger partial charge in [0.1, 0.15) is 5.69 Å². The first kappa shape index (κ1) is 13.4. The molecule has 0 unspecified atom stereocenters. The van der Waals surface area contributed by atoms with Crippen molar-refractivity contribution in [3.05, 3.63) is 59.4 Å². The topological polar surface area (TPSA) is 83.5 Å². The molecule has 0 radical (unpaired) electrons. The van der Waals surface area contributed by atoms with Crippen molar-refractivity contribution >= 4 is 11.5 Å². The molecule has 100 valence electrons. The van der Waals surface area contributed by atoms with E-state index in [9.17, 15) is 0 Å². The molecule has 0 atom stereocenters. The molecule has 2 aromatic rings. The number of benzene rings is 1. The van der Waals surface area contributed by atoms with Gasteiger partial charge in [-0.05, 0) is 24.3 Å². The lowest BCUT2D eigenvalue weighted by molar-refractivity contribution is 0.318. The smallest absolute Gasteiger partial charge is 0.189 e. The summed E-state index contributed by atoms with van der Waals surface area (Å²) in [5.41, 5.74) is 8.58. The summed E-state index contributed by atoms with van der Waals surface area (Å²) < 4.78 is 0. The highest BCUT2D eigenvalue weighted by Gasteiger charge is 2.07. The fraction of sp³-hybridized carbons (Fsp3) is 0.0667. The predicted molar refractivity (Wildman–Crippen MR) is 78.5 cm³/mol. The molecule has 0 fully saturated rings. The Morgan fingerprint density at radius 3 is 3.00 bits per heavy atom. The van der Waals surface area contributed by atoms with Crippen LogP contribution >= 0.6 is 0 Å². The van der Waals surface area contributed by atoms with Gasteiger partial charge < -0.3 is 16.3 Å². The van der Waals surface area contributed by atoms with Crippen molar-refractivity contribution in [2.75, 3.05) is 5.32 Å². The fourth-order valence-corrected chi connectivity index (χ4v) is 1.78. The monoisotopic (exact) mass is 266 g/mol. The molecule has 0 saturated heterocycles. The number of nitrogens with zero attached hydrogens (tertiary/aromatic N) is 2. The lowest BCUT2D eigenvalue weighted by atomic mass is 10.1. The number of aromatic nitrogens is 1. The molecule has 2 rings (SSSR count). The number of hydrogen-bond acceptors (Lipinski definition) is 4. The van der Waals surface area contributed by atoms with E-state index in [1.165, 1.54) is 0 Å². The number of amidine groups is 1. The Morgan fingerprint density at radius 2 is 2.25 bits per heavy atom.